The summed E-state index contributed by atoms with van der Waals surface area (Å²) in [4.78, 5) is 31.3. The molecule has 0 spiro atoms. The second kappa shape index (κ2) is 8.25. The van der Waals surface area contributed by atoms with Crippen molar-refractivity contribution in [1.82, 2.24) is 10.6 Å². The first-order valence-electron chi connectivity index (χ1n) is 5.05. The van der Waals surface area contributed by atoms with Crippen LogP contribution in [0.4, 0.5) is 0 Å². The van der Waals surface area contributed by atoms with E-state index < -0.39 is 7.57 Å². The highest BCUT2D eigenvalue weighted by molar-refractivity contribution is 7.58. The molecular weight excluding hydrogens is 247 g/mol. The third-order valence-electron chi connectivity index (χ3n) is 1.82. The van der Waals surface area contributed by atoms with Crippen LogP contribution in [0.25, 0.3) is 0 Å². The van der Waals surface area contributed by atoms with E-state index in [1.165, 1.54) is 14.2 Å². The van der Waals surface area contributed by atoms with E-state index in [1.54, 1.807) is 0 Å². The number of rotatable bonds is 8. The van der Waals surface area contributed by atoms with Gasteiger partial charge >= 0.3 is 0 Å². The molecule has 0 aromatic rings. The van der Waals surface area contributed by atoms with Crippen LogP contribution in [0.1, 0.15) is 12.8 Å². The lowest BCUT2D eigenvalue weighted by Gasteiger charge is -2.14. The Morgan fingerprint density at radius 2 is 2.06 bits per heavy atom. The van der Waals surface area contributed by atoms with Crippen molar-refractivity contribution in [2.24, 2.45) is 0 Å². The molecule has 0 bridgehead atoms. The zero-order valence-electron chi connectivity index (χ0n) is 10.1. The highest BCUT2D eigenvalue weighted by Gasteiger charge is 2.09. The minimum Gasteiger partial charge on any atom is -0.359 e. The van der Waals surface area contributed by atoms with Crippen molar-refractivity contribution >= 4 is 25.7 Å². The van der Waals surface area contributed by atoms with Gasteiger partial charge in [0, 0.05) is 20.7 Å². The minimum absolute atomic E-state index is 0.193. The molecule has 3 N–H and O–H groups in total. The molecule has 0 heterocycles. The molecule has 0 radical (unpaired) electrons. The van der Waals surface area contributed by atoms with Crippen molar-refractivity contribution < 1.29 is 23.5 Å². The van der Waals surface area contributed by atoms with E-state index in [9.17, 15) is 14.5 Å². The van der Waals surface area contributed by atoms with Crippen LogP contribution < -0.4 is 10.6 Å². The van der Waals surface area contributed by atoms with Gasteiger partial charge in [-0.15, -0.1) is 0 Å². The number of carbonyl (C=O) groups excluding carboxylic acids is 2. The van der Waals surface area contributed by atoms with Gasteiger partial charge in [-0.05, 0) is 12.7 Å². The average molecular weight is 266 g/mol. The van der Waals surface area contributed by atoms with Crippen LogP contribution in [0.2, 0.25) is 0 Å². The van der Waals surface area contributed by atoms with Crippen LogP contribution in [0.3, 0.4) is 0 Å². The Balaban J connectivity index is 3.55. The number of carbonyl (C=O) groups is 2. The summed E-state index contributed by atoms with van der Waals surface area (Å²) < 4.78 is 9.59. The second-order valence-corrected chi connectivity index (χ2v) is 5.10. The van der Waals surface area contributed by atoms with Crippen LogP contribution in [0, 0.1) is 0 Å². The molecule has 0 aliphatic heterocycles. The maximum absolute atomic E-state index is 11.1. The van der Waals surface area contributed by atoms with Gasteiger partial charge in [-0.25, -0.2) is 0 Å². The number of hydrogen-bond donors (Lipinski definition) is 3. The first kappa shape index (κ1) is 16.1. The maximum atomic E-state index is 11.1. The fraction of sp³-hybridized carbons (Fsp3) is 0.667. The molecule has 0 aromatic heterocycles. The van der Waals surface area contributed by atoms with Gasteiger partial charge in [0.2, 0.25) is 19.4 Å². The summed E-state index contributed by atoms with van der Waals surface area (Å²) in [5.74, 6) is -0.688. The Hall–Kier alpha value is -0.880. The molecule has 1 unspecified atom stereocenters. The summed E-state index contributed by atoms with van der Waals surface area (Å²) in [6.07, 6.45) is 3.66. The number of amides is 2. The van der Waals surface area contributed by atoms with Crippen LogP contribution in [-0.4, -0.2) is 50.3 Å². The fourth-order valence-electron chi connectivity index (χ4n) is 0.857. The monoisotopic (exact) mass is 266 g/mol. The predicted octanol–water partition coefficient (Wildman–Crippen LogP) is -0.521. The van der Waals surface area contributed by atoms with E-state index in [1.807, 2.05) is 0 Å². The molecule has 0 fully saturated rings. The Labute approximate surface area is 101 Å². The molecule has 0 aliphatic carbocycles. The molecule has 0 aliphatic rings. The summed E-state index contributed by atoms with van der Waals surface area (Å²) in [6.45, 7) is 0.585. The lowest BCUT2D eigenvalue weighted by molar-refractivity contribution is -0.128. The van der Waals surface area contributed by atoms with Crippen molar-refractivity contribution in [2.45, 2.75) is 12.8 Å². The smallest absolute Gasteiger partial charge is 0.247 e. The summed E-state index contributed by atoms with van der Waals surface area (Å²) in [5.41, 5.74) is 0. The number of hydrogen-bond acceptors (Lipinski definition) is 5. The minimum atomic E-state index is -2.94. The Morgan fingerprint density at radius 3 is 2.59 bits per heavy atom. The van der Waals surface area contributed by atoms with Crippen LogP contribution in [-0.2, 0) is 18.6 Å². The van der Waals surface area contributed by atoms with Crippen LogP contribution in [0.15, 0.2) is 0 Å². The molecule has 0 aromatic carbocycles. The van der Waals surface area contributed by atoms with E-state index >= 15 is 0 Å². The van der Waals surface area contributed by atoms with Gasteiger partial charge < -0.3 is 24.6 Å². The Morgan fingerprint density at radius 1 is 1.41 bits per heavy atom. The Kier molecular flexibility index (Phi) is 7.82. The molecule has 0 saturated heterocycles. The zero-order chi connectivity index (χ0) is 13.3. The van der Waals surface area contributed by atoms with Crippen molar-refractivity contribution in [3.05, 3.63) is 0 Å². The van der Waals surface area contributed by atoms with Gasteiger partial charge in [0.15, 0.2) is 0 Å². The van der Waals surface area contributed by atoms with Crippen LogP contribution in [0.5, 0.6) is 0 Å². The lowest BCUT2D eigenvalue weighted by atomic mass is 10.3. The van der Waals surface area contributed by atoms with E-state index in [0.717, 1.165) is 0 Å². The van der Waals surface area contributed by atoms with E-state index in [2.05, 4.69) is 21.5 Å². The van der Waals surface area contributed by atoms with Crippen molar-refractivity contribution in [2.75, 3.05) is 27.3 Å². The third-order valence-corrected chi connectivity index (χ3v) is 2.98. The molecule has 100 valence electrons. The fourth-order valence-corrected chi connectivity index (χ4v) is 1.38. The van der Waals surface area contributed by atoms with Gasteiger partial charge in [0.05, 0.1) is 6.61 Å². The molecule has 0 rings (SSSR count). The van der Waals surface area contributed by atoms with E-state index in [4.69, 9.17) is 4.52 Å². The Bertz CT molecular complexity index is 308. The molecule has 0 saturated carbocycles. The van der Waals surface area contributed by atoms with Gasteiger partial charge in [-0.3, -0.25) is 9.59 Å². The van der Waals surface area contributed by atoms with Crippen molar-refractivity contribution in [3.63, 3.8) is 0 Å². The summed E-state index contributed by atoms with van der Waals surface area (Å²) in [5, 5.41) is 4.89. The average Bonchev–Trinajstić information content (AvgIpc) is 2.28. The highest BCUT2D eigenvalue weighted by Crippen LogP contribution is 2.41. The molecular formula is C9H19N2O5P. The standard InChI is InChI=1S/C9H19N2O5P/c1-10-8(12)7-9(13)11-5-4-6-16-17(3,14)15-2/h14H,3-7H2,1-2H3,(H,10,12)(H,11,13). The number of nitrogens with one attached hydrogen (secondary N) is 2. The molecule has 17 heavy (non-hydrogen) atoms. The largest absolute Gasteiger partial charge is 0.359 e. The van der Waals surface area contributed by atoms with Crippen LogP contribution >= 0.6 is 7.57 Å². The predicted molar refractivity (Wildman–Crippen MR) is 65.5 cm³/mol. The van der Waals surface area contributed by atoms with Crippen molar-refractivity contribution in [3.8, 4) is 0 Å². The highest BCUT2D eigenvalue weighted by atomic mass is 31.2. The van der Waals surface area contributed by atoms with Gasteiger partial charge in [-0.2, -0.15) is 0 Å². The SMILES string of the molecule is C=P(O)(OC)OCCCNC(=O)CC(=O)NC. The molecule has 1 atom stereocenters. The van der Waals surface area contributed by atoms with Gasteiger partial charge in [-0.1, -0.05) is 0 Å². The van der Waals surface area contributed by atoms with E-state index in [-0.39, 0.29) is 24.8 Å². The molecule has 7 nitrogen and oxygen atoms in total. The maximum Gasteiger partial charge on any atom is 0.247 e. The van der Waals surface area contributed by atoms with Gasteiger partial charge in [0.25, 0.3) is 0 Å². The van der Waals surface area contributed by atoms with Gasteiger partial charge in [0.1, 0.15) is 6.42 Å². The third kappa shape index (κ3) is 8.88. The topological polar surface area (TPSA) is 96.9 Å². The normalized spacial score (nSPS) is 13.8. The lowest BCUT2D eigenvalue weighted by Crippen LogP contribution is -2.31. The summed E-state index contributed by atoms with van der Waals surface area (Å²) in [6, 6.07) is 0. The summed E-state index contributed by atoms with van der Waals surface area (Å²) >= 11 is 0. The second-order valence-electron chi connectivity index (χ2n) is 3.21. The first-order valence-corrected chi connectivity index (χ1v) is 6.81. The summed E-state index contributed by atoms with van der Waals surface area (Å²) in [7, 11) is -0.165. The quantitative estimate of drug-likeness (QED) is 0.312. The van der Waals surface area contributed by atoms with E-state index in [0.29, 0.717) is 13.0 Å². The first-order chi connectivity index (χ1) is 7.91. The molecule has 2 amide bonds. The zero-order valence-corrected chi connectivity index (χ0v) is 11.0. The van der Waals surface area contributed by atoms with Crippen molar-refractivity contribution in [1.29, 1.82) is 0 Å². The molecule has 8 heteroatoms.